The molecule has 0 radical (unpaired) electrons. The largest absolute Gasteiger partial charge is 0.233 e. The summed E-state index contributed by atoms with van der Waals surface area (Å²) >= 11 is 6.24. The van der Waals surface area contributed by atoms with E-state index in [2.05, 4.69) is 48.9 Å². The van der Waals surface area contributed by atoms with Crippen LogP contribution in [0, 0.1) is 20.8 Å². The molecule has 0 saturated heterocycles. The molecule has 0 atom stereocenters. The molecule has 2 rings (SSSR count). The molecule has 0 bridgehead atoms. The monoisotopic (exact) mass is 274 g/mol. The Morgan fingerprint density at radius 2 is 1.84 bits per heavy atom. The molecule has 0 amide bonds. The number of aromatic nitrogens is 2. The molecular formula is C16H19ClN2. The van der Waals surface area contributed by atoms with Gasteiger partial charge in [-0.2, -0.15) is 0 Å². The predicted molar refractivity (Wildman–Crippen MR) is 80.7 cm³/mol. The number of benzene rings is 1. The van der Waals surface area contributed by atoms with Gasteiger partial charge in [0.1, 0.15) is 11.0 Å². The van der Waals surface area contributed by atoms with Crippen LogP contribution in [-0.4, -0.2) is 9.97 Å². The van der Waals surface area contributed by atoms with Gasteiger partial charge in [0.2, 0.25) is 0 Å². The highest BCUT2D eigenvalue weighted by molar-refractivity contribution is 6.30. The zero-order valence-electron chi connectivity index (χ0n) is 11.9. The van der Waals surface area contributed by atoms with Crippen LogP contribution in [0.1, 0.15) is 35.9 Å². The minimum Gasteiger partial charge on any atom is -0.233 e. The van der Waals surface area contributed by atoms with E-state index in [0.29, 0.717) is 5.15 Å². The van der Waals surface area contributed by atoms with Crippen molar-refractivity contribution in [2.45, 2.75) is 40.5 Å². The Labute approximate surface area is 119 Å². The summed E-state index contributed by atoms with van der Waals surface area (Å²) < 4.78 is 0. The first-order chi connectivity index (χ1) is 9.02. The summed E-state index contributed by atoms with van der Waals surface area (Å²) in [6.45, 7) is 8.30. The average molecular weight is 275 g/mol. The zero-order valence-corrected chi connectivity index (χ0v) is 12.7. The lowest BCUT2D eigenvalue weighted by atomic mass is 10.0. The second-order valence-electron chi connectivity index (χ2n) is 4.97. The van der Waals surface area contributed by atoms with Crippen LogP contribution >= 0.6 is 11.6 Å². The second-order valence-corrected chi connectivity index (χ2v) is 5.33. The van der Waals surface area contributed by atoms with Crippen molar-refractivity contribution in [3.05, 3.63) is 45.9 Å². The van der Waals surface area contributed by atoms with Crippen LogP contribution in [0.15, 0.2) is 18.2 Å². The first-order valence-corrected chi connectivity index (χ1v) is 7.01. The van der Waals surface area contributed by atoms with Crippen molar-refractivity contribution in [1.82, 2.24) is 9.97 Å². The van der Waals surface area contributed by atoms with Gasteiger partial charge in [0.05, 0.1) is 5.69 Å². The Morgan fingerprint density at radius 1 is 1.11 bits per heavy atom. The molecule has 0 fully saturated rings. The molecule has 0 spiro atoms. The molecule has 1 aromatic carbocycles. The van der Waals surface area contributed by atoms with Crippen molar-refractivity contribution in [3.8, 4) is 11.3 Å². The molecule has 0 N–H and O–H groups in total. The minimum absolute atomic E-state index is 0.563. The maximum absolute atomic E-state index is 6.24. The highest BCUT2D eigenvalue weighted by Gasteiger charge is 2.12. The maximum Gasteiger partial charge on any atom is 0.136 e. The van der Waals surface area contributed by atoms with Gasteiger partial charge in [0, 0.05) is 17.5 Å². The number of hydrogen-bond acceptors (Lipinski definition) is 2. The first-order valence-electron chi connectivity index (χ1n) is 6.63. The highest BCUT2D eigenvalue weighted by Crippen LogP contribution is 2.28. The fourth-order valence-corrected chi connectivity index (χ4v) is 2.40. The number of halogens is 1. The van der Waals surface area contributed by atoms with Gasteiger partial charge >= 0.3 is 0 Å². The fourth-order valence-electron chi connectivity index (χ4n) is 2.21. The summed E-state index contributed by atoms with van der Waals surface area (Å²) in [6, 6.07) is 6.40. The van der Waals surface area contributed by atoms with E-state index in [1.165, 1.54) is 11.1 Å². The van der Waals surface area contributed by atoms with Crippen LogP contribution in [-0.2, 0) is 6.42 Å². The van der Waals surface area contributed by atoms with E-state index in [4.69, 9.17) is 11.6 Å². The van der Waals surface area contributed by atoms with Gasteiger partial charge < -0.3 is 0 Å². The molecule has 0 unspecified atom stereocenters. The Morgan fingerprint density at radius 3 is 2.47 bits per heavy atom. The Hall–Kier alpha value is -1.41. The van der Waals surface area contributed by atoms with E-state index >= 15 is 0 Å². The normalized spacial score (nSPS) is 10.8. The molecule has 3 heteroatoms. The molecule has 100 valence electrons. The number of nitrogens with zero attached hydrogens (tertiary/aromatic N) is 2. The molecule has 1 heterocycles. The van der Waals surface area contributed by atoms with Gasteiger partial charge in [-0.1, -0.05) is 42.3 Å². The van der Waals surface area contributed by atoms with E-state index in [-0.39, 0.29) is 0 Å². The lowest BCUT2D eigenvalue weighted by Gasteiger charge is -2.12. The molecular weight excluding hydrogens is 256 g/mol. The summed E-state index contributed by atoms with van der Waals surface area (Å²) in [6.07, 6.45) is 1.88. The molecule has 2 aromatic rings. The van der Waals surface area contributed by atoms with Gasteiger partial charge in [-0.25, -0.2) is 9.97 Å². The summed E-state index contributed by atoms with van der Waals surface area (Å²) in [7, 11) is 0. The van der Waals surface area contributed by atoms with Crippen molar-refractivity contribution in [3.63, 3.8) is 0 Å². The summed E-state index contributed by atoms with van der Waals surface area (Å²) in [5, 5.41) is 0.563. The van der Waals surface area contributed by atoms with E-state index in [1.807, 2.05) is 6.92 Å². The van der Waals surface area contributed by atoms with Crippen LogP contribution < -0.4 is 0 Å². The van der Waals surface area contributed by atoms with E-state index < -0.39 is 0 Å². The van der Waals surface area contributed by atoms with Crippen molar-refractivity contribution in [2.75, 3.05) is 0 Å². The van der Waals surface area contributed by atoms with E-state index in [9.17, 15) is 0 Å². The summed E-state index contributed by atoms with van der Waals surface area (Å²) in [4.78, 5) is 9.04. The van der Waals surface area contributed by atoms with Gasteiger partial charge in [-0.05, 0) is 32.8 Å². The third kappa shape index (κ3) is 2.95. The fraction of sp³-hybridized carbons (Fsp3) is 0.375. The molecule has 1 aromatic heterocycles. The Kier molecular flexibility index (Phi) is 4.20. The quantitative estimate of drug-likeness (QED) is 0.760. The molecule has 0 aliphatic heterocycles. The van der Waals surface area contributed by atoms with Crippen molar-refractivity contribution < 1.29 is 0 Å². The Balaban J connectivity index is 2.60. The number of rotatable bonds is 3. The minimum atomic E-state index is 0.563. The molecule has 2 nitrogen and oxygen atoms in total. The lowest BCUT2D eigenvalue weighted by molar-refractivity contribution is 0.833. The topological polar surface area (TPSA) is 25.8 Å². The highest BCUT2D eigenvalue weighted by atomic mass is 35.5. The van der Waals surface area contributed by atoms with Crippen LogP contribution in [0.25, 0.3) is 11.3 Å². The van der Waals surface area contributed by atoms with Crippen molar-refractivity contribution >= 4 is 11.6 Å². The average Bonchev–Trinajstić information content (AvgIpc) is 2.34. The third-order valence-corrected chi connectivity index (χ3v) is 3.61. The molecule has 0 saturated carbocycles. The van der Waals surface area contributed by atoms with Gasteiger partial charge in [0.15, 0.2) is 0 Å². The van der Waals surface area contributed by atoms with Crippen LogP contribution in [0.3, 0.4) is 0 Å². The summed E-state index contributed by atoms with van der Waals surface area (Å²) in [5.74, 6) is 0.827. The number of hydrogen-bond donors (Lipinski definition) is 0. The smallest absolute Gasteiger partial charge is 0.136 e. The maximum atomic E-state index is 6.24. The van der Waals surface area contributed by atoms with Gasteiger partial charge in [-0.3, -0.25) is 0 Å². The van der Waals surface area contributed by atoms with Crippen LogP contribution in [0.2, 0.25) is 5.15 Å². The van der Waals surface area contributed by atoms with Crippen LogP contribution in [0.4, 0.5) is 0 Å². The standard InChI is InChI=1S/C16H19ClN2/c1-5-6-14-18-15(12(4)16(17)19-14)13-8-7-10(2)9-11(13)3/h7-9H,5-6H2,1-4H3. The summed E-state index contributed by atoms with van der Waals surface area (Å²) in [5.41, 5.74) is 5.53. The zero-order chi connectivity index (χ0) is 14.0. The first kappa shape index (κ1) is 14.0. The SMILES string of the molecule is CCCc1nc(Cl)c(C)c(-c2ccc(C)cc2C)n1. The predicted octanol–water partition coefficient (Wildman–Crippen LogP) is 4.67. The molecule has 0 aliphatic rings. The van der Waals surface area contributed by atoms with Crippen molar-refractivity contribution in [1.29, 1.82) is 0 Å². The second kappa shape index (κ2) is 5.70. The van der Waals surface area contributed by atoms with Crippen molar-refractivity contribution in [2.24, 2.45) is 0 Å². The molecule has 19 heavy (non-hydrogen) atoms. The van der Waals surface area contributed by atoms with E-state index in [1.54, 1.807) is 0 Å². The van der Waals surface area contributed by atoms with Gasteiger partial charge in [-0.15, -0.1) is 0 Å². The number of aryl methyl sites for hydroxylation is 3. The lowest BCUT2D eigenvalue weighted by Crippen LogP contribution is -2.01. The van der Waals surface area contributed by atoms with E-state index in [0.717, 1.165) is 35.5 Å². The third-order valence-electron chi connectivity index (χ3n) is 3.24. The van der Waals surface area contributed by atoms with Crippen LogP contribution in [0.5, 0.6) is 0 Å². The molecule has 0 aliphatic carbocycles. The van der Waals surface area contributed by atoms with Gasteiger partial charge in [0.25, 0.3) is 0 Å². The Bertz CT molecular complexity index is 606.